The van der Waals surface area contributed by atoms with Crippen LogP contribution in [0.3, 0.4) is 0 Å². The van der Waals surface area contributed by atoms with Crippen LogP contribution < -0.4 is 10.2 Å². The van der Waals surface area contributed by atoms with E-state index in [0.29, 0.717) is 16.9 Å². The maximum absolute atomic E-state index is 13.4. The van der Waals surface area contributed by atoms with E-state index < -0.39 is 5.66 Å². The van der Waals surface area contributed by atoms with E-state index in [-0.39, 0.29) is 30.6 Å². The lowest BCUT2D eigenvalue weighted by Crippen LogP contribution is -2.68. The van der Waals surface area contributed by atoms with E-state index in [1.54, 1.807) is 49.1 Å². The van der Waals surface area contributed by atoms with Crippen molar-refractivity contribution in [1.82, 2.24) is 4.90 Å². The Morgan fingerprint density at radius 1 is 1.15 bits per heavy atom. The van der Waals surface area contributed by atoms with Crippen molar-refractivity contribution in [3.63, 3.8) is 0 Å². The van der Waals surface area contributed by atoms with Crippen LogP contribution in [0.25, 0.3) is 0 Å². The molecular formula is C20H19N3O3S. The number of hydrogen-bond donors (Lipinski definition) is 1. The number of rotatable bonds is 3. The van der Waals surface area contributed by atoms with Gasteiger partial charge in [0.2, 0.25) is 11.6 Å². The van der Waals surface area contributed by atoms with Crippen molar-refractivity contribution in [2.45, 2.75) is 23.4 Å². The molecule has 2 aromatic rings. The first-order valence-corrected chi connectivity index (χ1v) is 9.87. The minimum absolute atomic E-state index is 0.158. The molecule has 4 rings (SSSR count). The highest BCUT2D eigenvalue weighted by Gasteiger charge is 2.59. The number of fused-ring (bicyclic) bond motifs is 3. The van der Waals surface area contributed by atoms with Gasteiger partial charge in [0.25, 0.3) is 11.8 Å². The van der Waals surface area contributed by atoms with E-state index in [0.717, 1.165) is 4.90 Å². The van der Waals surface area contributed by atoms with Gasteiger partial charge in [0.05, 0.1) is 11.3 Å². The third kappa shape index (κ3) is 2.53. The molecule has 1 atom stereocenters. The van der Waals surface area contributed by atoms with Crippen LogP contribution in [0.2, 0.25) is 0 Å². The number of carbonyl (C=O) groups is 3. The largest absolute Gasteiger partial charge is 0.322 e. The summed E-state index contributed by atoms with van der Waals surface area (Å²) in [7, 11) is 1.59. The zero-order chi connectivity index (χ0) is 19.2. The van der Waals surface area contributed by atoms with Crippen molar-refractivity contribution in [3.05, 3.63) is 54.1 Å². The van der Waals surface area contributed by atoms with Crippen LogP contribution in [0.15, 0.2) is 53.4 Å². The Kier molecular flexibility index (Phi) is 4.19. The minimum Gasteiger partial charge on any atom is -0.322 e. The highest BCUT2D eigenvalue weighted by atomic mass is 32.2. The predicted octanol–water partition coefficient (Wildman–Crippen LogP) is 2.96. The van der Waals surface area contributed by atoms with Crippen LogP contribution in [-0.4, -0.2) is 41.6 Å². The standard InChI is InChI=1S/C20H19N3O3S/c1-22-18(25)15-8-3-4-9-16(15)23-17(24)10-11-20(22,23)19(26)21-13-6-5-7-14(12-13)27-2/h3-9,12H,10-11H2,1-2H3,(H,21,26). The van der Waals surface area contributed by atoms with Crippen molar-refractivity contribution in [1.29, 1.82) is 0 Å². The Labute approximate surface area is 161 Å². The summed E-state index contributed by atoms with van der Waals surface area (Å²) in [5.41, 5.74) is 0.220. The topological polar surface area (TPSA) is 69.7 Å². The molecule has 0 saturated carbocycles. The molecule has 2 aliphatic heterocycles. The molecule has 2 aliphatic rings. The van der Waals surface area contributed by atoms with E-state index in [2.05, 4.69) is 5.32 Å². The molecule has 1 fully saturated rings. The number of thioether (sulfide) groups is 1. The fraction of sp³-hybridized carbons (Fsp3) is 0.250. The summed E-state index contributed by atoms with van der Waals surface area (Å²) in [6, 6.07) is 14.4. The van der Waals surface area contributed by atoms with E-state index in [1.807, 2.05) is 24.5 Å². The molecule has 1 N–H and O–H groups in total. The summed E-state index contributed by atoms with van der Waals surface area (Å²) in [4.78, 5) is 42.9. The van der Waals surface area contributed by atoms with Gasteiger partial charge in [-0.2, -0.15) is 0 Å². The second kappa shape index (κ2) is 6.42. The highest BCUT2D eigenvalue weighted by Crippen LogP contribution is 2.44. The van der Waals surface area contributed by atoms with Gasteiger partial charge >= 0.3 is 0 Å². The van der Waals surface area contributed by atoms with Crippen LogP contribution in [0.1, 0.15) is 23.2 Å². The van der Waals surface area contributed by atoms with E-state index in [4.69, 9.17) is 0 Å². The van der Waals surface area contributed by atoms with E-state index in [1.165, 1.54) is 9.80 Å². The lowest BCUT2D eigenvalue weighted by Gasteiger charge is -2.47. The molecule has 0 aromatic heterocycles. The van der Waals surface area contributed by atoms with Crippen LogP contribution in [0.4, 0.5) is 11.4 Å². The average Bonchev–Trinajstić information content (AvgIpc) is 3.05. The fourth-order valence-corrected chi connectivity index (χ4v) is 4.32. The van der Waals surface area contributed by atoms with Crippen molar-refractivity contribution < 1.29 is 14.4 Å². The molecule has 1 saturated heterocycles. The van der Waals surface area contributed by atoms with Gasteiger partial charge in [-0.1, -0.05) is 18.2 Å². The van der Waals surface area contributed by atoms with Gasteiger partial charge in [0.1, 0.15) is 0 Å². The van der Waals surface area contributed by atoms with Crippen molar-refractivity contribution >= 4 is 40.9 Å². The third-order valence-electron chi connectivity index (χ3n) is 5.23. The quantitative estimate of drug-likeness (QED) is 0.830. The molecule has 0 bridgehead atoms. The molecule has 27 heavy (non-hydrogen) atoms. The first-order chi connectivity index (χ1) is 13.0. The normalized spacial score (nSPS) is 21.1. The first-order valence-electron chi connectivity index (χ1n) is 8.65. The lowest BCUT2D eigenvalue weighted by molar-refractivity contribution is -0.128. The van der Waals surface area contributed by atoms with Crippen molar-refractivity contribution in [2.24, 2.45) is 0 Å². The smallest absolute Gasteiger partial charge is 0.271 e. The Morgan fingerprint density at radius 2 is 1.93 bits per heavy atom. The van der Waals surface area contributed by atoms with Gasteiger partial charge in [-0.3, -0.25) is 19.3 Å². The number of amides is 3. The number of likely N-dealkylation sites (N-methyl/N-ethyl adjacent to an activating group) is 1. The Hall–Kier alpha value is -2.80. The molecule has 2 heterocycles. The lowest BCUT2D eigenvalue weighted by atomic mass is 9.96. The van der Waals surface area contributed by atoms with E-state index in [9.17, 15) is 14.4 Å². The third-order valence-corrected chi connectivity index (χ3v) is 5.96. The van der Waals surface area contributed by atoms with Crippen LogP contribution in [-0.2, 0) is 9.59 Å². The van der Waals surface area contributed by atoms with Crippen LogP contribution in [0, 0.1) is 0 Å². The summed E-state index contributed by atoms with van der Waals surface area (Å²) in [5, 5.41) is 2.91. The SMILES string of the molecule is CSc1cccc(NC(=O)C23CCC(=O)N2c2ccccc2C(=O)N3C)c1. The summed E-state index contributed by atoms with van der Waals surface area (Å²) in [6.07, 6.45) is 2.43. The monoisotopic (exact) mass is 381 g/mol. The Bertz CT molecular complexity index is 961. The summed E-state index contributed by atoms with van der Waals surface area (Å²) >= 11 is 1.58. The van der Waals surface area contributed by atoms with Crippen molar-refractivity contribution in [2.75, 3.05) is 23.5 Å². The van der Waals surface area contributed by atoms with Gasteiger partial charge in [-0.25, -0.2) is 0 Å². The van der Waals surface area contributed by atoms with Gasteiger partial charge in [0.15, 0.2) is 0 Å². The molecule has 2 aromatic carbocycles. The van der Waals surface area contributed by atoms with Gasteiger partial charge in [-0.15, -0.1) is 11.8 Å². The molecule has 7 heteroatoms. The first kappa shape index (κ1) is 17.6. The summed E-state index contributed by atoms with van der Waals surface area (Å²) in [6.45, 7) is 0. The summed E-state index contributed by atoms with van der Waals surface area (Å²) < 4.78 is 0. The number of anilines is 2. The number of benzene rings is 2. The fourth-order valence-electron chi connectivity index (χ4n) is 3.86. The van der Waals surface area contributed by atoms with Gasteiger partial charge in [-0.05, 0) is 36.6 Å². The molecule has 3 amide bonds. The Morgan fingerprint density at radius 3 is 2.70 bits per heavy atom. The van der Waals surface area contributed by atoms with Crippen LogP contribution in [0.5, 0.6) is 0 Å². The zero-order valence-corrected chi connectivity index (χ0v) is 15.9. The molecule has 0 aliphatic carbocycles. The van der Waals surface area contributed by atoms with E-state index >= 15 is 0 Å². The highest BCUT2D eigenvalue weighted by molar-refractivity contribution is 7.98. The minimum atomic E-state index is -1.35. The predicted molar refractivity (Wildman–Crippen MR) is 105 cm³/mol. The van der Waals surface area contributed by atoms with Gasteiger partial charge < -0.3 is 10.2 Å². The molecule has 0 spiro atoms. The molecule has 6 nitrogen and oxygen atoms in total. The zero-order valence-electron chi connectivity index (χ0n) is 15.1. The maximum atomic E-state index is 13.4. The molecule has 0 radical (unpaired) electrons. The number of para-hydroxylation sites is 1. The number of carbonyl (C=O) groups excluding carboxylic acids is 3. The number of nitrogens with zero attached hydrogens (tertiary/aromatic N) is 2. The second-order valence-corrected chi connectivity index (χ2v) is 7.49. The van der Waals surface area contributed by atoms with Gasteiger partial charge in [0, 0.05) is 30.5 Å². The average molecular weight is 381 g/mol. The Balaban J connectivity index is 1.78. The maximum Gasteiger partial charge on any atom is 0.271 e. The molecule has 1 unspecified atom stereocenters. The summed E-state index contributed by atoms with van der Waals surface area (Å²) in [5.74, 6) is -0.795. The van der Waals surface area contributed by atoms with Crippen molar-refractivity contribution in [3.8, 4) is 0 Å². The second-order valence-electron chi connectivity index (χ2n) is 6.61. The number of hydrogen-bond acceptors (Lipinski definition) is 4. The number of nitrogens with one attached hydrogen (secondary N) is 1. The molecule has 138 valence electrons. The van der Waals surface area contributed by atoms with Crippen LogP contribution >= 0.6 is 11.8 Å². The molecular weight excluding hydrogens is 362 g/mol.